The minimum absolute atomic E-state index is 0.258. The lowest BCUT2D eigenvalue weighted by Crippen LogP contribution is -2.33. The molecule has 2 fully saturated rings. The second-order valence-electron chi connectivity index (χ2n) is 5.90. The van der Waals surface area contributed by atoms with Crippen LogP contribution >= 0.6 is 0 Å². The minimum atomic E-state index is -3.36. The molecule has 1 saturated carbocycles. The van der Waals surface area contributed by atoms with Crippen molar-refractivity contribution in [3.05, 3.63) is 0 Å². The number of hydrogen-bond acceptors (Lipinski definition) is 5. The standard InChI is InChI=1S/C12H23NO5S2/c1-19(14,15)18-10-12-5-3-11(4-6-12)9-13-7-2-8-20(13,16)17/h11-12H,2-10H2,1H3. The highest BCUT2D eigenvalue weighted by Crippen LogP contribution is 2.31. The largest absolute Gasteiger partial charge is 0.270 e. The van der Waals surface area contributed by atoms with E-state index in [-0.39, 0.29) is 18.3 Å². The maximum absolute atomic E-state index is 11.8. The van der Waals surface area contributed by atoms with E-state index in [2.05, 4.69) is 0 Å². The fourth-order valence-corrected chi connectivity index (χ4v) is 5.02. The van der Waals surface area contributed by atoms with Crippen LogP contribution in [0.25, 0.3) is 0 Å². The van der Waals surface area contributed by atoms with E-state index >= 15 is 0 Å². The van der Waals surface area contributed by atoms with Crippen LogP contribution in [0.15, 0.2) is 0 Å². The van der Waals surface area contributed by atoms with Crippen LogP contribution < -0.4 is 0 Å². The Kier molecular flexibility index (Phi) is 5.09. The van der Waals surface area contributed by atoms with Gasteiger partial charge in [-0.1, -0.05) is 0 Å². The second kappa shape index (κ2) is 6.29. The average Bonchev–Trinajstić information content (AvgIpc) is 2.67. The predicted octanol–water partition coefficient (Wildman–Crippen LogP) is 0.804. The van der Waals surface area contributed by atoms with Gasteiger partial charge in [0.15, 0.2) is 0 Å². The highest BCUT2D eigenvalue weighted by molar-refractivity contribution is 7.89. The molecule has 0 N–H and O–H groups in total. The normalized spacial score (nSPS) is 31.4. The fraction of sp³-hybridized carbons (Fsp3) is 1.00. The molecule has 6 nitrogen and oxygen atoms in total. The molecule has 0 aromatic heterocycles. The van der Waals surface area contributed by atoms with Gasteiger partial charge in [-0.05, 0) is 43.9 Å². The van der Waals surface area contributed by atoms with Crippen molar-refractivity contribution in [1.29, 1.82) is 0 Å². The molecule has 1 heterocycles. The van der Waals surface area contributed by atoms with Gasteiger partial charge in [-0.3, -0.25) is 4.18 Å². The topological polar surface area (TPSA) is 80.8 Å². The first-order chi connectivity index (χ1) is 9.26. The molecule has 0 amide bonds. The van der Waals surface area contributed by atoms with E-state index in [1.807, 2.05) is 0 Å². The molecule has 0 spiro atoms. The molecule has 1 aliphatic carbocycles. The van der Waals surface area contributed by atoms with Crippen molar-refractivity contribution >= 4 is 20.1 Å². The molecule has 0 bridgehead atoms. The third-order valence-corrected chi connectivity index (χ3v) is 6.64. The van der Waals surface area contributed by atoms with E-state index in [4.69, 9.17) is 4.18 Å². The summed E-state index contributed by atoms with van der Waals surface area (Å²) < 4.78 is 51.8. The Balaban J connectivity index is 1.74. The number of nitrogens with zero attached hydrogens (tertiary/aromatic N) is 1. The van der Waals surface area contributed by atoms with E-state index < -0.39 is 20.1 Å². The summed E-state index contributed by atoms with van der Waals surface area (Å²) in [4.78, 5) is 0. The van der Waals surface area contributed by atoms with E-state index in [1.165, 1.54) is 0 Å². The summed E-state index contributed by atoms with van der Waals surface area (Å²) in [5.74, 6) is 0.957. The lowest BCUT2D eigenvalue weighted by molar-refractivity contribution is 0.177. The molecular formula is C12H23NO5S2. The van der Waals surface area contributed by atoms with Crippen LogP contribution in [0.2, 0.25) is 0 Å². The minimum Gasteiger partial charge on any atom is -0.270 e. The van der Waals surface area contributed by atoms with E-state index in [9.17, 15) is 16.8 Å². The van der Waals surface area contributed by atoms with Crippen molar-refractivity contribution in [3.8, 4) is 0 Å². The second-order valence-corrected chi connectivity index (χ2v) is 9.64. The molecule has 0 atom stereocenters. The van der Waals surface area contributed by atoms with Crippen LogP contribution in [0.1, 0.15) is 32.1 Å². The maximum Gasteiger partial charge on any atom is 0.264 e. The maximum atomic E-state index is 11.8. The summed E-state index contributed by atoms with van der Waals surface area (Å²) in [5, 5.41) is 0. The van der Waals surface area contributed by atoms with Gasteiger partial charge < -0.3 is 0 Å². The molecule has 1 saturated heterocycles. The van der Waals surface area contributed by atoms with E-state index in [1.54, 1.807) is 4.31 Å². The summed E-state index contributed by atoms with van der Waals surface area (Å²) in [5.41, 5.74) is 0. The van der Waals surface area contributed by atoms with Crippen molar-refractivity contribution in [2.45, 2.75) is 32.1 Å². The first kappa shape index (κ1) is 16.2. The molecule has 2 rings (SSSR count). The van der Waals surface area contributed by atoms with Gasteiger partial charge in [0, 0.05) is 13.1 Å². The zero-order chi connectivity index (χ0) is 14.8. The van der Waals surface area contributed by atoms with Crippen LogP contribution in [0, 0.1) is 11.8 Å². The SMILES string of the molecule is CS(=O)(=O)OCC1CCC(CN2CCCS2(=O)=O)CC1. The Morgan fingerprint density at radius 3 is 2.25 bits per heavy atom. The van der Waals surface area contributed by atoms with Gasteiger partial charge in [-0.25, -0.2) is 12.7 Å². The van der Waals surface area contributed by atoms with Gasteiger partial charge in [0.2, 0.25) is 10.0 Å². The Labute approximate surface area is 121 Å². The smallest absolute Gasteiger partial charge is 0.264 e. The third-order valence-electron chi connectivity index (χ3n) is 4.15. The Morgan fingerprint density at radius 2 is 1.75 bits per heavy atom. The lowest BCUT2D eigenvalue weighted by Gasteiger charge is -2.30. The van der Waals surface area contributed by atoms with Crippen molar-refractivity contribution in [1.82, 2.24) is 4.31 Å². The number of hydrogen-bond donors (Lipinski definition) is 0. The lowest BCUT2D eigenvalue weighted by atomic mass is 9.82. The Hall–Kier alpha value is -0.180. The van der Waals surface area contributed by atoms with E-state index in [0.717, 1.165) is 38.4 Å². The molecule has 0 unspecified atom stereocenters. The molecule has 2 aliphatic rings. The van der Waals surface area contributed by atoms with Crippen LogP contribution in [0.4, 0.5) is 0 Å². The van der Waals surface area contributed by atoms with Crippen molar-refractivity contribution < 1.29 is 21.0 Å². The third kappa shape index (κ3) is 4.68. The highest BCUT2D eigenvalue weighted by atomic mass is 32.2. The van der Waals surface area contributed by atoms with Gasteiger partial charge in [0.05, 0.1) is 18.6 Å². The van der Waals surface area contributed by atoms with Gasteiger partial charge in [0.25, 0.3) is 10.1 Å². The molecule has 0 aromatic rings. The van der Waals surface area contributed by atoms with Gasteiger partial charge in [-0.15, -0.1) is 0 Å². The van der Waals surface area contributed by atoms with Gasteiger partial charge >= 0.3 is 0 Å². The van der Waals surface area contributed by atoms with E-state index in [0.29, 0.717) is 19.0 Å². The fourth-order valence-electron chi connectivity index (χ4n) is 2.98. The monoisotopic (exact) mass is 325 g/mol. The molecule has 1 aliphatic heterocycles. The highest BCUT2D eigenvalue weighted by Gasteiger charge is 2.31. The molecule has 20 heavy (non-hydrogen) atoms. The summed E-state index contributed by atoms with van der Waals surface area (Å²) in [6, 6.07) is 0. The van der Waals surface area contributed by atoms with Crippen LogP contribution in [-0.4, -0.2) is 52.8 Å². The molecule has 0 aromatic carbocycles. The Morgan fingerprint density at radius 1 is 1.15 bits per heavy atom. The molecule has 0 radical (unpaired) electrons. The Bertz CT molecular complexity index is 520. The zero-order valence-electron chi connectivity index (χ0n) is 11.8. The molecule has 8 heteroatoms. The average molecular weight is 325 g/mol. The number of rotatable bonds is 5. The van der Waals surface area contributed by atoms with Crippen molar-refractivity contribution in [3.63, 3.8) is 0 Å². The van der Waals surface area contributed by atoms with Crippen molar-refractivity contribution in [2.24, 2.45) is 11.8 Å². The van der Waals surface area contributed by atoms with Crippen LogP contribution in [-0.2, 0) is 24.3 Å². The summed E-state index contributed by atoms with van der Waals surface area (Å²) >= 11 is 0. The summed E-state index contributed by atoms with van der Waals surface area (Å²) in [7, 11) is -6.36. The van der Waals surface area contributed by atoms with Crippen LogP contribution in [0.5, 0.6) is 0 Å². The first-order valence-electron chi connectivity index (χ1n) is 7.08. The number of sulfonamides is 1. The first-order valence-corrected chi connectivity index (χ1v) is 10.5. The quantitative estimate of drug-likeness (QED) is 0.699. The van der Waals surface area contributed by atoms with Crippen LogP contribution in [0.3, 0.4) is 0 Å². The van der Waals surface area contributed by atoms with Crippen molar-refractivity contribution in [2.75, 3.05) is 31.7 Å². The van der Waals surface area contributed by atoms with Gasteiger partial charge in [-0.2, -0.15) is 8.42 Å². The van der Waals surface area contributed by atoms with Gasteiger partial charge in [0.1, 0.15) is 0 Å². The summed E-state index contributed by atoms with van der Waals surface area (Å²) in [6.07, 6.45) is 5.52. The molecule has 118 valence electrons. The molecular weight excluding hydrogens is 302 g/mol. The summed E-state index contributed by atoms with van der Waals surface area (Å²) in [6.45, 7) is 1.54. The zero-order valence-corrected chi connectivity index (χ0v) is 13.5. The predicted molar refractivity (Wildman–Crippen MR) is 76.2 cm³/mol.